The first kappa shape index (κ1) is 16.5. The van der Waals surface area contributed by atoms with Crippen molar-refractivity contribution < 1.29 is 0 Å². The molecule has 0 spiro atoms. The molecule has 1 aromatic heterocycles. The van der Waals surface area contributed by atoms with Gasteiger partial charge in [-0.05, 0) is 38.1 Å². The highest BCUT2D eigenvalue weighted by molar-refractivity contribution is 5.92. The van der Waals surface area contributed by atoms with Crippen molar-refractivity contribution in [2.24, 2.45) is 0 Å². The SMILES string of the molecule is Cc1cnc2ccccc2c1NCC(C)N(C)Cc1ccccc1. The third-order valence-corrected chi connectivity index (χ3v) is 4.57. The lowest BCUT2D eigenvalue weighted by molar-refractivity contribution is 0.259. The number of benzene rings is 2. The van der Waals surface area contributed by atoms with E-state index in [4.69, 9.17) is 0 Å². The molecule has 2 aromatic carbocycles. The molecule has 1 atom stereocenters. The third kappa shape index (κ3) is 3.74. The summed E-state index contributed by atoms with van der Waals surface area (Å²) >= 11 is 0. The summed E-state index contributed by atoms with van der Waals surface area (Å²) in [7, 11) is 2.18. The first-order valence-electron chi connectivity index (χ1n) is 8.47. The van der Waals surface area contributed by atoms with Gasteiger partial charge in [0.1, 0.15) is 0 Å². The van der Waals surface area contributed by atoms with Gasteiger partial charge < -0.3 is 5.32 Å². The van der Waals surface area contributed by atoms with E-state index < -0.39 is 0 Å². The van der Waals surface area contributed by atoms with Crippen molar-refractivity contribution in [1.29, 1.82) is 0 Å². The summed E-state index contributed by atoms with van der Waals surface area (Å²) in [5, 5.41) is 4.83. The lowest BCUT2D eigenvalue weighted by Crippen LogP contribution is -2.34. The number of likely N-dealkylation sites (N-methyl/N-ethyl adjacent to an activating group) is 1. The number of nitrogens with one attached hydrogen (secondary N) is 1. The molecule has 0 aliphatic rings. The summed E-state index contributed by atoms with van der Waals surface area (Å²) < 4.78 is 0. The Kier molecular flexibility index (Phi) is 5.11. The zero-order valence-corrected chi connectivity index (χ0v) is 14.7. The van der Waals surface area contributed by atoms with Crippen molar-refractivity contribution in [3.05, 3.63) is 71.9 Å². The molecule has 0 aliphatic heterocycles. The summed E-state index contributed by atoms with van der Waals surface area (Å²) in [5.41, 5.74) is 4.76. The van der Waals surface area contributed by atoms with E-state index in [2.05, 4.69) is 84.6 Å². The number of anilines is 1. The Hall–Kier alpha value is -2.39. The van der Waals surface area contributed by atoms with Gasteiger partial charge in [0.2, 0.25) is 0 Å². The van der Waals surface area contributed by atoms with Crippen LogP contribution in [-0.4, -0.2) is 29.5 Å². The van der Waals surface area contributed by atoms with Crippen LogP contribution in [0.15, 0.2) is 60.8 Å². The van der Waals surface area contributed by atoms with Crippen LogP contribution in [0.2, 0.25) is 0 Å². The lowest BCUT2D eigenvalue weighted by Gasteiger charge is -2.26. The van der Waals surface area contributed by atoms with Crippen LogP contribution in [0.3, 0.4) is 0 Å². The number of para-hydroxylation sites is 1. The van der Waals surface area contributed by atoms with Crippen molar-refractivity contribution in [3.63, 3.8) is 0 Å². The average molecular weight is 319 g/mol. The predicted octanol–water partition coefficient (Wildman–Crippen LogP) is 4.48. The zero-order chi connectivity index (χ0) is 16.9. The molecule has 0 radical (unpaired) electrons. The number of pyridine rings is 1. The van der Waals surface area contributed by atoms with E-state index in [1.807, 2.05) is 12.3 Å². The molecular formula is C21H25N3. The summed E-state index contributed by atoms with van der Waals surface area (Å²) in [6.45, 7) is 6.23. The molecule has 0 bridgehead atoms. The fourth-order valence-corrected chi connectivity index (χ4v) is 2.91. The quantitative estimate of drug-likeness (QED) is 0.726. The first-order valence-corrected chi connectivity index (χ1v) is 8.47. The first-order chi connectivity index (χ1) is 11.6. The monoisotopic (exact) mass is 319 g/mol. The highest BCUT2D eigenvalue weighted by atomic mass is 15.1. The number of aryl methyl sites for hydroxylation is 1. The van der Waals surface area contributed by atoms with E-state index in [0.29, 0.717) is 6.04 Å². The van der Waals surface area contributed by atoms with Crippen molar-refractivity contribution in [1.82, 2.24) is 9.88 Å². The summed E-state index contributed by atoms with van der Waals surface area (Å²) in [6, 6.07) is 19.3. The molecule has 0 amide bonds. The lowest BCUT2D eigenvalue weighted by atomic mass is 10.1. The molecule has 3 nitrogen and oxygen atoms in total. The predicted molar refractivity (Wildman–Crippen MR) is 102 cm³/mol. The number of rotatable bonds is 6. The molecule has 3 aromatic rings. The Morgan fingerprint density at radius 3 is 2.54 bits per heavy atom. The van der Waals surface area contributed by atoms with Crippen LogP contribution in [-0.2, 0) is 6.54 Å². The zero-order valence-electron chi connectivity index (χ0n) is 14.7. The normalized spacial score (nSPS) is 12.5. The van der Waals surface area contributed by atoms with Crippen LogP contribution in [0, 0.1) is 6.92 Å². The van der Waals surface area contributed by atoms with Crippen LogP contribution in [0.5, 0.6) is 0 Å². The minimum Gasteiger partial charge on any atom is -0.383 e. The second-order valence-corrected chi connectivity index (χ2v) is 6.46. The number of hydrogen-bond donors (Lipinski definition) is 1. The van der Waals surface area contributed by atoms with Crippen LogP contribution < -0.4 is 5.32 Å². The standard InChI is InChI=1S/C21H25N3/c1-16-13-22-20-12-8-7-11-19(20)21(16)23-14-17(2)24(3)15-18-9-5-4-6-10-18/h4-13,17H,14-15H2,1-3H3,(H,22,23). The van der Waals surface area contributed by atoms with Gasteiger partial charge in [-0.15, -0.1) is 0 Å². The maximum absolute atomic E-state index is 4.51. The van der Waals surface area contributed by atoms with E-state index in [9.17, 15) is 0 Å². The average Bonchev–Trinajstić information content (AvgIpc) is 2.61. The van der Waals surface area contributed by atoms with Crippen molar-refractivity contribution in [3.8, 4) is 0 Å². The van der Waals surface area contributed by atoms with Gasteiger partial charge in [0.15, 0.2) is 0 Å². The molecule has 0 saturated carbocycles. The van der Waals surface area contributed by atoms with Gasteiger partial charge in [-0.2, -0.15) is 0 Å². The third-order valence-electron chi connectivity index (χ3n) is 4.57. The van der Waals surface area contributed by atoms with Gasteiger partial charge in [0.05, 0.1) is 5.52 Å². The Labute approximate surface area is 144 Å². The topological polar surface area (TPSA) is 28.2 Å². The number of aromatic nitrogens is 1. The summed E-state index contributed by atoms with van der Waals surface area (Å²) in [6.07, 6.45) is 1.95. The molecule has 0 saturated heterocycles. The number of nitrogens with zero attached hydrogens (tertiary/aromatic N) is 2. The minimum atomic E-state index is 0.427. The van der Waals surface area contributed by atoms with Crippen LogP contribution >= 0.6 is 0 Å². The molecule has 0 fully saturated rings. The maximum Gasteiger partial charge on any atom is 0.0722 e. The molecule has 124 valence electrons. The molecule has 0 aliphatic carbocycles. The van der Waals surface area contributed by atoms with Gasteiger partial charge in [-0.3, -0.25) is 9.88 Å². The number of hydrogen-bond acceptors (Lipinski definition) is 3. The largest absolute Gasteiger partial charge is 0.383 e. The van der Waals surface area contributed by atoms with Gasteiger partial charge in [0, 0.05) is 36.4 Å². The van der Waals surface area contributed by atoms with Crippen LogP contribution in [0.25, 0.3) is 10.9 Å². The van der Waals surface area contributed by atoms with E-state index in [1.165, 1.54) is 22.2 Å². The van der Waals surface area contributed by atoms with Crippen LogP contribution in [0.4, 0.5) is 5.69 Å². The van der Waals surface area contributed by atoms with Gasteiger partial charge in [-0.25, -0.2) is 0 Å². The van der Waals surface area contributed by atoms with Gasteiger partial charge in [-0.1, -0.05) is 48.5 Å². The van der Waals surface area contributed by atoms with E-state index in [0.717, 1.165) is 18.6 Å². The Morgan fingerprint density at radius 1 is 1.04 bits per heavy atom. The number of fused-ring (bicyclic) bond motifs is 1. The van der Waals surface area contributed by atoms with E-state index >= 15 is 0 Å². The fraction of sp³-hybridized carbons (Fsp3) is 0.286. The molecule has 3 rings (SSSR count). The summed E-state index contributed by atoms with van der Waals surface area (Å²) in [4.78, 5) is 6.89. The van der Waals surface area contributed by atoms with Crippen molar-refractivity contribution in [2.45, 2.75) is 26.4 Å². The minimum absolute atomic E-state index is 0.427. The molecule has 1 unspecified atom stereocenters. The molecular weight excluding hydrogens is 294 g/mol. The van der Waals surface area contributed by atoms with Crippen molar-refractivity contribution >= 4 is 16.6 Å². The van der Waals surface area contributed by atoms with Crippen LogP contribution in [0.1, 0.15) is 18.1 Å². The molecule has 3 heteroatoms. The van der Waals surface area contributed by atoms with Gasteiger partial charge >= 0.3 is 0 Å². The highest BCUT2D eigenvalue weighted by Crippen LogP contribution is 2.25. The highest BCUT2D eigenvalue weighted by Gasteiger charge is 2.11. The fourth-order valence-electron chi connectivity index (χ4n) is 2.91. The molecule has 24 heavy (non-hydrogen) atoms. The maximum atomic E-state index is 4.51. The molecule has 1 heterocycles. The Bertz CT molecular complexity index is 799. The van der Waals surface area contributed by atoms with Gasteiger partial charge in [0.25, 0.3) is 0 Å². The van der Waals surface area contributed by atoms with Crippen molar-refractivity contribution in [2.75, 3.05) is 18.9 Å². The van der Waals surface area contributed by atoms with E-state index in [1.54, 1.807) is 0 Å². The second-order valence-electron chi connectivity index (χ2n) is 6.46. The smallest absolute Gasteiger partial charge is 0.0722 e. The Balaban J connectivity index is 1.68. The second kappa shape index (κ2) is 7.45. The molecule has 1 N–H and O–H groups in total. The van der Waals surface area contributed by atoms with E-state index in [-0.39, 0.29) is 0 Å². The summed E-state index contributed by atoms with van der Waals surface area (Å²) in [5.74, 6) is 0. The Morgan fingerprint density at radius 2 is 1.75 bits per heavy atom.